The summed E-state index contributed by atoms with van der Waals surface area (Å²) >= 11 is 6.04. The lowest BCUT2D eigenvalue weighted by atomic mass is 10.3. The fourth-order valence-corrected chi connectivity index (χ4v) is 3.10. The van der Waals surface area contributed by atoms with Crippen LogP contribution >= 0.6 is 31.9 Å². The van der Waals surface area contributed by atoms with E-state index in [-0.39, 0.29) is 15.1 Å². The van der Waals surface area contributed by atoms with E-state index in [0.29, 0.717) is 4.47 Å². The highest BCUT2D eigenvalue weighted by Gasteiger charge is 2.18. The van der Waals surface area contributed by atoms with Gasteiger partial charge in [-0.15, -0.1) is 0 Å². The van der Waals surface area contributed by atoms with Crippen LogP contribution in [0.5, 0.6) is 0 Å². The lowest BCUT2D eigenvalue weighted by Gasteiger charge is -2.09. The Morgan fingerprint density at radius 2 is 1.65 bits per heavy atom. The summed E-state index contributed by atoms with van der Waals surface area (Å²) in [5.74, 6) is -1.45. The summed E-state index contributed by atoms with van der Waals surface area (Å²) in [6.07, 6.45) is 0. The standard InChI is InChI=1S/C12H7Br2F2NO2S/c13-7-1-4-10(15)12(5-7)17-20(18,19)8-2-3-9(14)11(16)6-8/h1-6,17H. The zero-order valence-corrected chi connectivity index (χ0v) is 13.7. The molecule has 0 aliphatic heterocycles. The van der Waals surface area contributed by atoms with Gasteiger partial charge in [0.15, 0.2) is 0 Å². The molecule has 2 rings (SSSR count). The fraction of sp³-hybridized carbons (Fsp3) is 0. The van der Waals surface area contributed by atoms with Gasteiger partial charge in [-0.05, 0) is 52.3 Å². The maximum absolute atomic E-state index is 13.5. The third-order valence-corrected chi connectivity index (χ3v) is 4.87. The zero-order valence-electron chi connectivity index (χ0n) is 9.70. The van der Waals surface area contributed by atoms with Crippen molar-refractivity contribution in [3.63, 3.8) is 0 Å². The highest BCUT2D eigenvalue weighted by atomic mass is 79.9. The molecule has 0 fully saturated rings. The van der Waals surface area contributed by atoms with E-state index in [9.17, 15) is 17.2 Å². The summed E-state index contributed by atoms with van der Waals surface area (Å²) in [7, 11) is -4.06. The van der Waals surface area contributed by atoms with E-state index < -0.39 is 21.7 Å². The zero-order chi connectivity index (χ0) is 14.9. The molecule has 0 aliphatic rings. The second-order valence-corrected chi connectivity index (χ2v) is 7.26. The van der Waals surface area contributed by atoms with Gasteiger partial charge in [0.25, 0.3) is 10.0 Å². The molecule has 106 valence electrons. The number of halogens is 4. The molecule has 0 radical (unpaired) electrons. The molecule has 8 heteroatoms. The van der Waals surface area contributed by atoms with Crippen molar-refractivity contribution in [2.45, 2.75) is 4.90 Å². The molecule has 2 aromatic carbocycles. The highest BCUT2D eigenvalue weighted by Crippen LogP contribution is 2.25. The van der Waals surface area contributed by atoms with E-state index in [1.165, 1.54) is 24.3 Å². The Morgan fingerprint density at radius 1 is 0.950 bits per heavy atom. The number of rotatable bonds is 3. The molecular weight excluding hydrogens is 420 g/mol. The van der Waals surface area contributed by atoms with Crippen LogP contribution in [-0.4, -0.2) is 8.42 Å². The first-order valence-electron chi connectivity index (χ1n) is 5.22. The van der Waals surface area contributed by atoms with Crippen LogP contribution in [0.1, 0.15) is 0 Å². The maximum Gasteiger partial charge on any atom is 0.262 e. The van der Waals surface area contributed by atoms with Crippen LogP contribution in [-0.2, 0) is 10.0 Å². The molecule has 0 spiro atoms. The minimum absolute atomic E-state index is 0.144. The molecule has 20 heavy (non-hydrogen) atoms. The SMILES string of the molecule is O=S(=O)(Nc1cc(Br)ccc1F)c1ccc(Br)c(F)c1. The van der Waals surface area contributed by atoms with Gasteiger partial charge < -0.3 is 0 Å². The Labute approximate surface area is 131 Å². The number of sulfonamides is 1. The van der Waals surface area contributed by atoms with E-state index >= 15 is 0 Å². The number of nitrogens with one attached hydrogen (secondary N) is 1. The van der Waals surface area contributed by atoms with E-state index in [0.717, 1.165) is 12.1 Å². The van der Waals surface area contributed by atoms with Crippen molar-refractivity contribution in [1.82, 2.24) is 0 Å². The van der Waals surface area contributed by atoms with Gasteiger partial charge in [-0.3, -0.25) is 4.72 Å². The number of hydrogen-bond acceptors (Lipinski definition) is 2. The average molecular weight is 427 g/mol. The van der Waals surface area contributed by atoms with E-state index in [2.05, 4.69) is 36.6 Å². The van der Waals surface area contributed by atoms with Crippen molar-refractivity contribution < 1.29 is 17.2 Å². The van der Waals surface area contributed by atoms with Crippen molar-refractivity contribution >= 4 is 47.6 Å². The molecular formula is C12H7Br2F2NO2S. The molecule has 0 bridgehead atoms. The largest absolute Gasteiger partial charge is 0.277 e. The molecule has 0 unspecified atom stereocenters. The number of benzene rings is 2. The Bertz CT molecular complexity index is 766. The first-order chi connectivity index (χ1) is 9.29. The topological polar surface area (TPSA) is 46.2 Å². The Morgan fingerprint density at radius 3 is 2.30 bits per heavy atom. The molecule has 0 saturated carbocycles. The summed E-state index contributed by atoms with van der Waals surface area (Å²) < 4.78 is 53.7. The van der Waals surface area contributed by atoms with E-state index in [4.69, 9.17) is 0 Å². The van der Waals surface area contributed by atoms with Gasteiger partial charge in [0, 0.05) is 4.47 Å². The number of hydrogen-bond donors (Lipinski definition) is 1. The first kappa shape index (κ1) is 15.4. The van der Waals surface area contributed by atoms with Crippen LogP contribution in [0.3, 0.4) is 0 Å². The third kappa shape index (κ3) is 3.36. The van der Waals surface area contributed by atoms with Gasteiger partial charge in [-0.25, -0.2) is 17.2 Å². The lowest BCUT2D eigenvalue weighted by Crippen LogP contribution is -2.14. The van der Waals surface area contributed by atoms with Crippen LogP contribution in [0.15, 0.2) is 50.2 Å². The first-order valence-corrected chi connectivity index (χ1v) is 8.29. The Kier molecular flexibility index (Phi) is 4.46. The van der Waals surface area contributed by atoms with Crippen molar-refractivity contribution in [3.8, 4) is 0 Å². The molecule has 0 heterocycles. The summed E-state index contributed by atoms with van der Waals surface area (Å²) in [5, 5.41) is 0. The molecule has 0 amide bonds. The van der Waals surface area contributed by atoms with Crippen LogP contribution in [0.4, 0.5) is 14.5 Å². The van der Waals surface area contributed by atoms with Crippen LogP contribution < -0.4 is 4.72 Å². The second kappa shape index (κ2) is 5.79. The monoisotopic (exact) mass is 425 g/mol. The minimum atomic E-state index is -4.06. The summed E-state index contributed by atoms with van der Waals surface area (Å²) in [5.41, 5.74) is -0.220. The van der Waals surface area contributed by atoms with Crippen molar-refractivity contribution in [3.05, 3.63) is 57.0 Å². The van der Waals surface area contributed by atoms with Crippen LogP contribution in [0, 0.1) is 11.6 Å². The average Bonchev–Trinajstić information content (AvgIpc) is 2.36. The molecule has 0 aliphatic carbocycles. The molecule has 3 nitrogen and oxygen atoms in total. The van der Waals surface area contributed by atoms with Gasteiger partial charge in [0.2, 0.25) is 0 Å². The Hall–Kier alpha value is -0.990. The molecule has 1 N–H and O–H groups in total. The molecule has 0 atom stereocenters. The van der Waals surface area contributed by atoms with E-state index in [1.54, 1.807) is 0 Å². The van der Waals surface area contributed by atoms with Gasteiger partial charge in [0.1, 0.15) is 11.6 Å². The predicted molar refractivity (Wildman–Crippen MR) is 79.0 cm³/mol. The Balaban J connectivity index is 2.40. The smallest absolute Gasteiger partial charge is 0.262 e. The number of anilines is 1. The summed E-state index contributed by atoms with van der Waals surface area (Å²) in [4.78, 5) is -0.294. The highest BCUT2D eigenvalue weighted by molar-refractivity contribution is 9.10. The normalized spacial score (nSPS) is 11.4. The van der Waals surface area contributed by atoms with Crippen molar-refractivity contribution in [1.29, 1.82) is 0 Å². The molecule has 0 aromatic heterocycles. The summed E-state index contributed by atoms with van der Waals surface area (Å²) in [6, 6.07) is 7.16. The third-order valence-electron chi connectivity index (χ3n) is 2.37. The predicted octanol–water partition coefficient (Wildman–Crippen LogP) is 4.29. The van der Waals surface area contributed by atoms with Gasteiger partial charge in [0.05, 0.1) is 15.1 Å². The fourth-order valence-electron chi connectivity index (χ4n) is 1.42. The van der Waals surface area contributed by atoms with E-state index in [1.807, 2.05) is 0 Å². The molecule has 0 saturated heterocycles. The van der Waals surface area contributed by atoms with Crippen LogP contribution in [0.2, 0.25) is 0 Å². The van der Waals surface area contributed by atoms with Gasteiger partial charge in [-0.2, -0.15) is 0 Å². The second-order valence-electron chi connectivity index (χ2n) is 3.81. The quantitative estimate of drug-likeness (QED) is 0.795. The van der Waals surface area contributed by atoms with Gasteiger partial charge in [-0.1, -0.05) is 15.9 Å². The van der Waals surface area contributed by atoms with Crippen molar-refractivity contribution in [2.24, 2.45) is 0 Å². The lowest BCUT2D eigenvalue weighted by molar-refractivity contribution is 0.592. The summed E-state index contributed by atoms with van der Waals surface area (Å²) in [6.45, 7) is 0. The van der Waals surface area contributed by atoms with Gasteiger partial charge >= 0.3 is 0 Å². The minimum Gasteiger partial charge on any atom is -0.277 e. The van der Waals surface area contributed by atoms with Crippen molar-refractivity contribution in [2.75, 3.05) is 4.72 Å². The van der Waals surface area contributed by atoms with Crippen LogP contribution in [0.25, 0.3) is 0 Å². The molecule has 2 aromatic rings. The maximum atomic E-state index is 13.5.